The standard InChI is InChI=1S/C33H39NO9/c1-22(2)41-32-31(39-20-25-13-9-6-10-14-25)30(38-19-24-11-7-5-8-12-24)29(42-23(3)35)28(43-32)21-40-33(36)34-26-15-17-27(37-4)18-16-26/h5-18,22,28-32H,19-21H2,1-4H3,(H,34,36)/t28-,29-,30+,31-,32-/m1/s1. The van der Waals surface area contributed by atoms with Crippen molar-refractivity contribution in [2.75, 3.05) is 19.0 Å². The number of esters is 1. The monoisotopic (exact) mass is 593 g/mol. The lowest BCUT2D eigenvalue weighted by atomic mass is 9.98. The summed E-state index contributed by atoms with van der Waals surface area (Å²) in [5, 5.41) is 2.67. The fraction of sp³-hybridized carbons (Fsp3) is 0.394. The Labute approximate surface area is 252 Å². The number of carbonyl (C=O) groups is 2. The minimum absolute atomic E-state index is 0.217. The third-order valence-corrected chi connectivity index (χ3v) is 6.59. The molecule has 3 aromatic carbocycles. The molecule has 0 radical (unpaired) electrons. The number of methoxy groups -OCH3 is 1. The molecular weight excluding hydrogens is 554 g/mol. The number of anilines is 1. The van der Waals surface area contributed by atoms with Gasteiger partial charge in [0.2, 0.25) is 0 Å². The van der Waals surface area contributed by atoms with Crippen LogP contribution in [0.3, 0.4) is 0 Å². The number of rotatable bonds is 13. The van der Waals surface area contributed by atoms with E-state index in [2.05, 4.69) is 5.32 Å². The summed E-state index contributed by atoms with van der Waals surface area (Å²) in [6, 6.07) is 26.1. The smallest absolute Gasteiger partial charge is 0.411 e. The molecule has 1 amide bonds. The van der Waals surface area contributed by atoms with Crippen LogP contribution in [0.5, 0.6) is 5.75 Å². The number of hydrogen-bond acceptors (Lipinski definition) is 9. The molecule has 1 aliphatic heterocycles. The molecule has 0 saturated carbocycles. The third-order valence-electron chi connectivity index (χ3n) is 6.59. The van der Waals surface area contributed by atoms with Gasteiger partial charge in [-0.2, -0.15) is 0 Å². The van der Waals surface area contributed by atoms with Gasteiger partial charge in [-0.15, -0.1) is 0 Å². The average Bonchev–Trinajstić information content (AvgIpc) is 3.00. The predicted molar refractivity (Wildman–Crippen MR) is 158 cm³/mol. The molecular formula is C33H39NO9. The molecule has 230 valence electrons. The van der Waals surface area contributed by atoms with E-state index >= 15 is 0 Å². The molecule has 3 aromatic rings. The summed E-state index contributed by atoms with van der Waals surface area (Å²) in [7, 11) is 1.56. The maximum atomic E-state index is 12.7. The first-order valence-corrected chi connectivity index (χ1v) is 14.2. The van der Waals surface area contributed by atoms with Crippen molar-refractivity contribution in [3.05, 3.63) is 96.1 Å². The fourth-order valence-corrected chi connectivity index (χ4v) is 4.61. The van der Waals surface area contributed by atoms with Crippen LogP contribution in [0.15, 0.2) is 84.9 Å². The van der Waals surface area contributed by atoms with Crippen molar-refractivity contribution in [2.24, 2.45) is 0 Å². The lowest BCUT2D eigenvalue weighted by Crippen LogP contribution is -2.62. The Kier molecular flexibility index (Phi) is 11.9. The van der Waals surface area contributed by atoms with Crippen LogP contribution in [0.25, 0.3) is 0 Å². The fourth-order valence-electron chi connectivity index (χ4n) is 4.61. The van der Waals surface area contributed by atoms with Gasteiger partial charge in [0.25, 0.3) is 0 Å². The number of carbonyl (C=O) groups excluding carboxylic acids is 2. The molecule has 0 unspecified atom stereocenters. The average molecular weight is 594 g/mol. The zero-order valence-electron chi connectivity index (χ0n) is 24.8. The highest BCUT2D eigenvalue weighted by Crippen LogP contribution is 2.31. The number of hydrogen-bond donors (Lipinski definition) is 1. The SMILES string of the molecule is COc1ccc(NC(=O)OC[C@H]2O[C@@H](OC(C)C)[C@H](OCc3ccccc3)[C@@H](OCc3ccccc3)[C@@H]2OC(C)=O)cc1. The molecule has 0 aliphatic carbocycles. The Morgan fingerprint density at radius 1 is 0.814 bits per heavy atom. The Hall–Kier alpha value is -3.96. The highest BCUT2D eigenvalue weighted by Gasteiger charge is 2.50. The summed E-state index contributed by atoms with van der Waals surface area (Å²) >= 11 is 0. The van der Waals surface area contributed by atoms with E-state index in [0.717, 1.165) is 11.1 Å². The van der Waals surface area contributed by atoms with Crippen molar-refractivity contribution in [2.45, 2.75) is 70.8 Å². The topological polar surface area (TPSA) is 111 Å². The molecule has 4 rings (SSSR count). The van der Waals surface area contributed by atoms with Crippen LogP contribution in [-0.4, -0.2) is 62.6 Å². The Morgan fingerprint density at radius 2 is 1.40 bits per heavy atom. The summed E-state index contributed by atoms with van der Waals surface area (Å²) < 4.78 is 41.7. The molecule has 0 spiro atoms. The summed E-state index contributed by atoms with van der Waals surface area (Å²) in [5.74, 6) is 0.111. The normalized spacial score (nSPS) is 21.7. The molecule has 0 aromatic heterocycles. The molecule has 0 bridgehead atoms. The van der Waals surface area contributed by atoms with Gasteiger partial charge in [0, 0.05) is 12.6 Å². The van der Waals surface area contributed by atoms with E-state index in [4.69, 9.17) is 33.2 Å². The van der Waals surface area contributed by atoms with Crippen LogP contribution >= 0.6 is 0 Å². The number of nitrogens with one attached hydrogen (secondary N) is 1. The lowest BCUT2D eigenvalue weighted by Gasteiger charge is -2.45. The second-order valence-corrected chi connectivity index (χ2v) is 10.3. The minimum Gasteiger partial charge on any atom is -0.497 e. The molecule has 1 saturated heterocycles. The summed E-state index contributed by atoms with van der Waals surface area (Å²) in [6.07, 6.45) is -5.32. The number of amides is 1. The van der Waals surface area contributed by atoms with Crippen LogP contribution in [-0.2, 0) is 46.4 Å². The van der Waals surface area contributed by atoms with Crippen LogP contribution in [0, 0.1) is 0 Å². The zero-order valence-corrected chi connectivity index (χ0v) is 24.8. The highest BCUT2D eigenvalue weighted by atomic mass is 16.7. The van der Waals surface area contributed by atoms with E-state index in [0.29, 0.717) is 11.4 Å². The molecule has 5 atom stereocenters. The van der Waals surface area contributed by atoms with Gasteiger partial charge in [-0.1, -0.05) is 60.7 Å². The molecule has 1 N–H and O–H groups in total. The van der Waals surface area contributed by atoms with Gasteiger partial charge in [-0.25, -0.2) is 4.79 Å². The molecule has 10 heteroatoms. The summed E-state index contributed by atoms with van der Waals surface area (Å²) in [6.45, 7) is 5.28. The molecule has 43 heavy (non-hydrogen) atoms. The van der Waals surface area contributed by atoms with Gasteiger partial charge in [0.05, 0.1) is 26.4 Å². The van der Waals surface area contributed by atoms with E-state index in [1.807, 2.05) is 74.5 Å². The van der Waals surface area contributed by atoms with Crippen molar-refractivity contribution < 1.29 is 42.7 Å². The van der Waals surface area contributed by atoms with Crippen LogP contribution in [0.2, 0.25) is 0 Å². The van der Waals surface area contributed by atoms with Crippen LogP contribution in [0.1, 0.15) is 31.9 Å². The first-order chi connectivity index (χ1) is 20.8. The van der Waals surface area contributed by atoms with E-state index < -0.39 is 42.8 Å². The van der Waals surface area contributed by atoms with E-state index in [1.54, 1.807) is 31.4 Å². The summed E-state index contributed by atoms with van der Waals surface area (Å²) in [4.78, 5) is 25.0. The van der Waals surface area contributed by atoms with Gasteiger partial charge in [-0.05, 0) is 49.2 Å². The first kappa shape index (κ1) is 32.0. The Bertz CT molecular complexity index is 1270. The van der Waals surface area contributed by atoms with Gasteiger partial charge in [0.15, 0.2) is 12.4 Å². The quantitative estimate of drug-likeness (QED) is 0.257. The van der Waals surface area contributed by atoms with Gasteiger partial charge in [-0.3, -0.25) is 10.1 Å². The van der Waals surface area contributed by atoms with E-state index in [-0.39, 0.29) is 25.9 Å². The van der Waals surface area contributed by atoms with E-state index in [9.17, 15) is 9.59 Å². The van der Waals surface area contributed by atoms with Crippen LogP contribution in [0.4, 0.5) is 10.5 Å². The van der Waals surface area contributed by atoms with Crippen LogP contribution < -0.4 is 10.1 Å². The predicted octanol–water partition coefficient (Wildman–Crippen LogP) is 5.50. The maximum absolute atomic E-state index is 12.7. The molecule has 10 nitrogen and oxygen atoms in total. The Morgan fingerprint density at radius 3 is 1.93 bits per heavy atom. The number of ether oxygens (including phenoxy) is 7. The highest BCUT2D eigenvalue weighted by molar-refractivity contribution is 5.84. The third kappa shape index (κ3) is 9.79. The van der Waals surface area contributed by atoms with Gasteiger partial charge < -0.3 is 33.2 Å². The van der Waals surface area contributed by atoms with Crippen molar-refractivity contribution in [3.63, 3.8) is 0 Å². The molecule has 1 aliphatic rings. The number of benzene rings is 3. The van der Waals surface area contributed by atoms with E-state index in [1.165, 1.54) is 6.92 Å². The van der Waals surface area contributed by atoms with Gasteiger partial charge in [0.1, 0.15) is 30.7 Å². The maximum Gasteiger partial charge on any atom is 0.411 e. The van der Waals surface area contributed by atoms with Crippen molar-refractivity contribution in [1.29, 1.82) is 0 Å². The van der Waals surface area contributed by atoms with Crippen molar-refractivity contribution in [1.82, 2.24) is 0 Å². The van der Waals surface area contributed by atoms with Gasteiger partial charge >= 0.3 is 12.1 Å². The first-order valence-electron chi connectivity index (χ1n) is 14.2. The molecule has 1 fully saturated rings. The van der Waals surface area contributed by atoms with Crippen molar-refractivity contribution in [3.8, 4) is 5.75 Å². The second-order valence-electron chi connectivity index (χ2n) is 10.3. The summed E-state index contributed by atoms with van der Waals surface area (Å²) in [5.41, 5.74) is 2.38. The minimum atomic E-state index is -0.970. The molecule has 1 heterocycles. The zero-order chi connectivity index (χ0) is 30.6. The lowest BCUT2D eigenvalue weighted by molar-refractivity contribution is -0.327. The Balaban J connectivity index is 1.56. The largest absolute Gasteiger partial charge is 0.497 e. The second kappa shape index (κ2) is 16.0. The van der Waals surface area contributed by atoms with Crippen molar-refractivity contribution >= 4 is 17.7 Å².